The number of carbonyl (C=O) groups excluding carboxylic acids is 1. The van der Waals surface area contributed by atoms with Crippen molar-refractivity contribution in [1.82, 2.24) is 5.32 Å². The molecular weight excluding hydrogens is 166 g/mol. The lowest BCUT2D eigenvalue weighted by Crippen LogP contribution is -2.17. The second-order valence-electron chi connectivity index (χ2n) is 4.08. The van der Waals surface area contributed by atoms with Crippen molar-refractivity contribution < 1.29 is 9.53 Å². The standard InChI is InChI=1S/C7H13N.C3H6O2/c1-5-6-3-8-4-7(5,6)2;1-2-5-3-4/h5-6,8H,3-4H2,1-2H3;3H,2H2,1H3. The third-order valence-corrected chi connectivity index (χ3v) is 3.49. The van der Waals surface area contributed by atoms with Crippen LogP contribution in [0.25, 0.3) is 0 Å². The van der Waals surface area contributed by atoms with E-state index in [1.165, 1.54) is 13.1 Å². The van der Waals surface area contributed by atoms with Crippen LogP contribution in [0.1, 0.15) is 20.8 Å². The Hall–Kier alpha value is -0.570. The third-order valence-electron chi connectivity index (χ3n) is 3.49. The summed E-state index contributed by atoms with van der Waals surface area (Å²) in [5.74, 6) is 2.02. The molecule has 0 aromatic carbocycles. The molecule has 3 atom stereocenters. The number of nitrogens with one attached hydrogen (secondary N) is 1. The van der Waals surface area contributed by atoms with Gasteiger partial charge in [-0.05, 0) is 30.7 Å². The second kappa shape index (κ2) is 4.09. The van der Waals surface area contributed by atoms with Gasteiger partial charge in [0.2, 0.25) is 0 Å². The Morgan fingerprint density at radius 2 is 2.38 bits per heavy atom. The second-order valence-corrected chi connectivity index (χ2v) is 4.08. The maximum Gasteiger partial charge on any atom is 0.293 e. The molecule has 0 radical (unpaired) electrons. The predicted octanol–water partition coefficient (Wildman–Crippen LogP) is 1.04. The van der Waals surface area contributed by atoms with Crippen LogP contribution in [0.5, 0.6) is 0 Å². The van der Waals surface area contributed by atoms with Crippen LogP contribution < -0.4 is 5.32 Å². The summed E-state index contributed by atoms with van der Waals surface area (Å²) in [6, 6.07) is 0. The molecule has 0 amide bonds. The minimum atomic E-state index is 0.431. The summed E-state index contributed by atoms with van der Waals surface area (Å²) in [6.45, 7) is 9.96. The van der Waals surface area contributed by atoms with E-state index in [0.717, 1.165) is 11.8 Å². The van der Waals surface area contributed by atoms with Gasteiger partial charge in [0.15, 0.2) is 0 Å². The fourth-order valence-electron chi connectivity index (χ4n) is 2.18. The summed E-state index contributed by atoms with van der Waals surface area (Å²) < 4.78 is 4.15. The van der Waals surface area contributed by atoms with Gasteiger partial charge in [-0.1, -0.05) is 13.8 Å². The van der Waals surface area contributed by atoms with Gasteiger partial charge in [-0.3, -0.25) is 4.79 Å². The fourth-order valence-corrected chi connectivity index (χ4v) is 2.18. The SMILES string of the molecule is CC1C2CNCC12C.CCOC=O. The smallest absolute Gasteiger partial charge is 0.293 e. The minimum Gasteiger partial charge on any atom is -0.468 e. The lowest BCUT2D eigenvalue weighted by atomic mass is 10.1. The Balaban J connectivity index is 0.000000149. The number of ether oxygens (including phenoxy) is 1. The third kappa shape index (κ3) is 2.02. The molecule has 1 heterocycles. The Bertz CT molecular complexity index is 184. The van der Waals surface area contributed by atoms with E-state index in [-0.39, 0.29) is 0 Å². The van der Waals surface area contributed by atoms with Crippen LogP contribution in [0.4, 0.5) is 0 Å². The van der Waals surface area contributed by atoms with E-state index in [0.29, 0.717) is 18.5 Å². The Labute approximate surface area is 79.8 Å². The van der Waals surface area contributed by atoms with Gasteiger partial charge in [0.05, 0.1) is 6.61 Å². The Kier molecular flexibility index (Phi) is 3.31. The molecule has 1 aliphatic heterocycles. The zero-order valence-electron chi connectivity index (χ0n) is 8.67. The van der Waals surface area contributed by atoms with Gasteiger partial charge >= 0.3 is 0 Å². The number of carbonyl (C=O) groups is 1. The first-order chi connectivity index (χ1) is 6.16. The average molecular weight is 185 g/mol. The molecule has 3 heteroatoms. The zero-order chi connectivity index (χ0) is 9.90. The molecule has 2 fully saturated rings. The molecule has 0 bridgehead atoms. The van der Waals surface area contributed by atoms with Gasteiger partial charge < -0.3 is 10.1 Å². The van der Waals surface area contributed by atoms with Gasteiger partial charge in [-0.15, -0.1) is 0 Å². The molecule has 0 aromatic rings. The summed E-state index contributed by atoms with van der Waals surface area (Å²) in [6.07, 6.45) is 0. The molecule has 2 aliphatic rings. The lowest BCUT2D eigenvalue weighted by Gasteiger charge is -2.02. The van der Waals surface area contributed by atoms with Gasteiger partial charge in [0, 0.05) is 6.54 Å². The van der Waals surface area contributed by atoms with Gasteiger partial charge in [0.1, 0.15) is 0 Å². The van der Waals surface area contributed by atoms with Crippen molar-refractivity contribution in [2.75, 3.05) is 19.7 Å². The van der Waals surface area contributed by atoms with Crippen molar-refractivity contribution in [2.45, 2.75) is 20.8 Å². The number of rotatable bonds is 2. The van der Waals surface area contributed by atoms with Crippen LogP contribution in [-0.2, 0) is 9.53 Å². The lowest BCUT2D eigenvalue weighted by molar-refractivity contribution is -0.128. The summed E-state index contributed by atoms with van der Waals surface area (Å²) in [7, 11) is 0. The van der Waals surface area contributed by atoms with Gasteiger partial charge in [-0.25, -0.2) is 0 Å². The highest BCUT2D eigenvalue weighted by atomic mass is 16.5. The molecule has 76 valence electrons. The molecule has 1 N–H and O–H groups in total. The summed E-state index contributed by atoms with van der Waals surface area (Å²) in [4.78, 5) is 9.18. The van der Waals surface area contributed by atoms with Crippen LogP contribution in [0.3, 0.4) is 0 Å². The van der Waals surface area contributed by atoms with Crippen molar-refractivity contribution in [2.24, 2.45) is 17.3 Å². The maximum atomic E-state index is 9.18. The van der Waals surface area contributed by atoms with E-state index in [1.54, 1.807) is 6.92 Å². The van der Waals surface area contributed by atoms with Crippen LogP contribution in [0.2, 0.25) is 0 Å². The molecule has 0 aromatic heterocycles. The van der Waals surface area contributed by atoms with Gasteiger partial charge in [0.25, 0.3) is 6.47 Å². The molecule has 13 heavy (non-hydrogen) atoms. The van der Waals surface area contributed by atoms with Crippen LogP contribution in [0, 0.1) is 17.3 Å². The van der Waals surface area contributed by atoms with Crippen molar-refractivity contribution in [3.63, 3.8) is 0 Å². The fraction of sp³-hybridized carbons (Fsp3) is 0.900. The normalized spacial score (nSPS) is 39.9. The minimum absolute atomic E-state index is 0.431. The first-order valence-electron chi connectivity index (χ1n) is 4.92. The molecule has 1 saturated heterocycles. The predicted molar refractivity (Wildman–Crippen MR) is 51.3 cm³/mol. The molecule has 3 unspecified atom stereocenters. The molecule has 1 aliphatic carbocycles. The highest BCUT2D eigenvalue weighted by Crippen LogP contribution is 2.59. The molecular formula is C10H19NO2. The van der Waals surface area contributed by atoms with E-state index in [2.05, 4.69) is 23.9 Å². The average Bonchev–Trinajstić information content (AvgIpc) is 2.50. The molecule has 0 spiro atoms. The molecule has 2 rings (SSSR count). The van der Waals surface area contributed by atoms with E-state index >= 15 is 0 Å². The zero-order valence-corrected chi connectivity index (χ0v) is 8.67. The topological polar surface area (TPSA) is 38.3 Å². The highest BCUT2D eigenvalue weighted by Gasteiger charge is 2.60. The number of hydrogen-bond acceptors (Lipinski definition) is 3. The first-order valence-corrected chi connectivity index (χ1v) is 4.92. The summed E-state index contributed by atoms with van der Waals surface area (Å²) >= 11 is 0. The Morgan fingerprint density at radius 3 is 2.54 bits per heavy atom. The molecule has 1 saturated carbocycles. The monoisotopic (exact) mass is 185 g/mol. The number of fused-ring (bicyclic) bond motifs is 1. The van der Waals surface area contributed by atoms with Gasteiger partial charge in [-0.2, -0.15) is 0 Å². The highest BCUT2D eigenvalue weighted by molar-refractivity contribution is 5.36. The Morgan fingerprint density at radius 1 is 1.69 bits per heavy atom. The largest absolute Gasteiger partial charge is 0.468 e. The number of hydrogen-bond donors (Lipinski definition) is 1. The van der Waals surface area contributed by atoms with Crippen molar-refractivity contribution in [3.8, 4) is 0 Å². The van der Waals surface area contributed by atoms with Crippen molar-refractivity contribution in [3.05, 3.63) is 0 Å². The molecule has 3 nitrogen and oxygen atoms in total. The quantitative estimate of drug-likeness (QED) is 0.653. The number of piperidine rings is 1. The van der Waals surface area contributed by atoms with Crippen molar-refractivity contribution >= 4 is 6.47 Å². The first kappa shape index (κ1) is 10.5. The summed E-state index contributed by atoms with van der Waals surface area (Å²) in [5.41, 5.74) is 0.708. The maximum absolute atomic E-state index is 9.18. The van der Waals surface area contributed by atoms with E-state index in [9.17, 15) is 4.79 Å². The summed E-state index contributed by atoms with van der Waals surface area (Å²) in [5, 5.41) is 3.39. The van der Waals surface area contributed by atoms with E-state index in [1.807, 2.05) is 0 Å². The van der Waals surface area contributed by atoms with Crippen molar-refractivity contribution in [1.29, 1.82) is 0 Å². The van der Waals surface area contributed by atoms with Crippen LogP contribution in [-0.4, -0.2) is 26.2 Å². The van der Waals surface area contributed by atoms with Crippen LogP contribution in [0.15, 0.2) is 0 Å². The van der Waals surface area contributed by atoms with Crippen LogP contribution >= 0.6 is 0 Å². The van der Waals surface area contributed by atoms with E-state index < -0.39 is 0 Å². The van der Waals surface area contributed by atoms with E-state index in [4.69, 9.17) is 0 Å².